The second-order valence-corrected chi connectivity index (χ2v) is 6.07. The molecule has 0 spiro atoms. The Morgan fingerprint density at radius 3 is 2.61 bits per heavy atom. The summed E-state index contributed by atoms with van der Waals surface area (Å²) in [5, 5.41) is 0.901. The van der Waals surface area contributed by atoms with Crippen LogP contribution in [0, 0.1) is 0 Å². The smallest absolute Gasteiger partial charge is 0.270 e. The van der Waals surface area contributed by atoms with Crippen molar-refractivity contribution in [2.75, 3.05) is 0 Å². The van der Waals surface area contributed by atoms with Gasteiger partial charge in [-0.15, -0.1) is 0 Å². The van der Waals surface area contributed by atoms with Crippen LogP contribution in [0.3, 0.4) is 0 Å². The van der Waals surface area contributed by atoms with Crippen molar-refractivity contribution >= 4 is 35.0 Å². The van der Waals surface area contributed by atoms with E-state index < -0.39 is 17.9 Å². The molecule has 4 nitrogen and oxygen atoms in total. The third kappa shape index (κ3) is 3.05. The molecule has 0 fully saturated rings. The highest BCUT2D eigenvalue weighted by Crippen LogP contribution is 2.28. The van der Waals surface area contributed by atoms with Gasteiger partial charge in [-0.3, -0.25) is 14.5 Å². The first-order valence-corrected chi connectivity index (χ1v) is 7.78. The van der Waals surface area contributed by atoms with E-state index >= 15 is 0 Å². The molecule has 1 aliphatic rings. The van der Waals surface area contributed by atoms with Gasteiger partial charge in [0.25, 0.3) is 11.8 Å². The topological polar surface area (TPSA) is 46.6 Å². The standard InChI is InChI=1S/C17H13Cl2NO3/c1-10-16(21)20(9-11-6-7-12(18)8-14(11)19)17(22)13-4-2-3-5-15(13)23-10/h2-8,10H,9H2,1H3/t10-/m1/s1. The van der Waals surface area contributed by atoms with E-state index in [1.807, 2.05) is 0 Å². The summed E-state index contributed by atoms with van der Waals surface area (Å²) < 4.78 is 5.59. The van der Waals surface area contributed by atoms with Crippen LogP contribution in [-0.2, 0) is 11.3 Å². The van der Waals surface area contributed by atoms with Crippen LogP contribution < -0.4 is 4.74 Å². The number of carbonyl (C=O) groups is 2. The van der Waals surface area contributed by atoms with Crippen LogP contribution in [0.25, 0.3) is 0 Å². The molecule has 0 aliphatic carbocycles. The molecule has 118 valence electrons. The Labute approximate surface area is 143 Å². The number of hydrogen-bond acceptors (Lipinski definition) is 3. The van der Waals surface area contributed by atoms with E-state index in [-0.39, 0.29) is 6.54 Å². The minimum atomic E-state index is -0.756. The van der Waals surface area contributed by atoms with Gasteiger partial charge in [-0.2, -0.15) is 0 Å². The molecule has 0 saturated heterocycles. The van der Waals surface area contributed by atoms with Gasteiger partial charge >= 0.3 is 0 Å². The number of carbonyl (C=O) groups excluding carboxylic acids is 2. The van der Waals surface area contributed by atoms with Crippen LogP contribution >= 0.6 is 23.2 Å². The highest BCUT2D eigenvalue weighted by Gasteiger charge is 2.34. The van der Waals surface area contributed by atoms with E-state index in [1.54, 1.807) is 49.4 Å². The first-order valence-electron chi connectivity index (χ1n) is 7.02. The summed E-state index contributed by atoms with van der Waals surface area (Å²) >= 11 is 12.0. The number of imide groups is 1. The lowest BCUT2D eigenvalue weighted by molar-refractivity contribution is -0.135. The Bertz CT molecular complexity index is 791. The first-order chi connectivity index (χ1) is 11.0. The second-order valence-electron chi connectivity index (χ2n) is 5.22. The Morgan fingerprint density at radius 2 is 1.87 bits per heavy atom. The van der Waals surface area contributed by atoms with Crippen LogP contribution in [0.2, 0.25) is 10.0 Å². The van der Waals surface area contributed by atoms with Gasteiger partial charge in [0.05, 0.1) is 12.1 Å². The van der Waals surface area contributed by atoms with E-state index in [0.29, 0.717) is 26.9 Å². The summed E-state index contributed by atoms with van der Waals surface area (Å²) in [4.78, 5) is 26.4. The van der Waals surface area contributed by atoms with Crippen molar-refractivity contribution in [3.05, 3.63) is 63.6 Å². The number of ether oxygens (including phenoxy) is 1. The molecular formula is C17H13Cl2NO3. The fourth-order valence-corrected chi connectivity index (χ4v) is 2.89. The van der Waals surface area contributed by atoms with Gasteiger partial charge in [0.15, 0.2) is 6.10 Å². The lowest BCUT2D eigenvalue weighted by atomic mass is 10.1. The van der Waals surface area contributed by atoms with Gasteiger partial charge in [-0.05, 0) is 36.8 Å². The van der Waals surface area contributed by atoms with Crippen molar-refractivity contribution in [1.29, 1.82) is 0 Å². The molecule has 0 N–H and O–H groups in total. The van der Waals surface area contributed by atoms with Crippen molar-refractivity contribution in [2.24, 2.45) is 0 Å². The number of amides is 2. The van der Waals surface area contributed by atoms with Crippen molar-refractivity contribution in [2.45, 2.75) is 19.6 Å². The molecule has 2 aromatic carbocycles. The maximum Gasteiger partial charge on any atom is 0.270 e. The van der Waals surface area contributed by atoms with Crippen LogP contribution in [0.4, 0.5) is 0 Å². The SMILES string of the molecule is C[C@H]1Oc2ccccc2C(=O)N(Cc2ccc(Cl)cc2Cl)C1=O. The molecule has 23 heavy (non-hydrogen) atoms. The van der Waals surface area contributed by atoms with Crippen LogP contribution in [-0.4, -0.2) is 22.8 Å². The Morgan fingerprint density at radius 1 is 1.13 bits per heavy atom. The van der Waals surface area contributed by atoms with E-state index in [4.69, 9.17) is 27.9 Å². The highest BCUT2D eigenvalue weighted by atomic mass is 35.5. The predicted octanol–water partition coefficient (Wildman–Crippen LogP) is 3.94. The van der Waals surface area contributed by atoms with E-state index in [1.165, 1.54) is 0 Å². The van der Waals surface area contributed by atoms with Crippen molar-refractivity contribution in [3.63, 3.8) is 0 Å². The molecule has 1 aliphatic heterocycles. The fraction of sp³-hybridized carbons (Fsp3) is 0.176. The lowest BCUT2D eigenvalue weighted by Gasteiger charge is -2.21. The number of halogens is 2. The largest absolute Gasteiger partial charge is 0.480 e. The van der Waals surface area contributed by atoms with E-state index in [2.05, 4.69) is 0 Å². The third-order valence-corrected chi connectivity index (χ3v) is 4.21. The zero-order valence-corrected chi connectivity index (χ0v) is 13.8. The summed E-state index contributed by atoms with van der Waals surface area (Å²) in [5.74, 6) is -0.402. The van der Waals surface area contributed by atoms with Crippen LogP contribution in [0.5, 0.6) is 5.75 Å². The summed E-state index contributed by atoms with van der Waals surface area (Å²) in [5.41, 5.74) is 1.000. The number of para-hydroxylation sites is 1. The molecule has 6 heteroatoms. The molecule has 0 unspecified atom stereocenters. The number of nitrogens with zero attached hydrogens (tertiary/aromatic N) is 1. The molecule has 0 saturated carbocycles. The quantitative estimate of drug-likeness (QED) is 0.771. The fourth-order valence-electron chi connectivity index (χ4n) is 2.42. The number of rotatable bonds is 2. The first kappa shape index (κ1) is 15.8. The van der Waals surface area contributed by atoms with Crippen molar-refractivity contribution in [1.82, 2.24) is 4.90 Å². The second kappa shape index (κ2) is 6.22. The summed E-state index contributed by atoms with van der Waals surface area (Å²) in [6, 6.07) is 11.8. The minimum absolute atomic E-state index is 0.0652. The number of hydrogen-bond donors (Lipinski definition) is 0. The zero-order chi connectivity index (χ0) is 16.6. The number of benzene rings is 2. The Hall–Kier alpha value is -2.04. The van der Waals surface area contributed by atoms with Gasteiger partial charge in [-0.1, -0.05) is 41.4 Å². The average Bonchev–Trinajstić information content (AvgIpc) is 2.61. The summed E-state index contributed by atoms with van der Waals surface area (Å²) in [7, 11) is 0. The van der Waals surface area contributed by atoms with Gasteiger partial charge in [0.1, 0.15) is 5.75 Å². The maximum atomic E-state index is 12.7. The minimum Gasteiger partial charge on any atom is -0.480 e. The molecule has 0 radical (unpaired) electrons. The Balaban J connectivity index is 2.00. The van der Waals surface area contributed by atoms with Crippen molar-refractivity contribution < 1.29 is 14.3 Å². The molecule has 2 amide bonds. The highest BCUT2D eigenvalue weighted by molar-refractivity contribution is 6.35. The molecule has 1 atom stereocenters. The summed E-state index contributed by atoms with van der Waals surface area (Å²) in [6.07, 6.45) is -0.756. The third-order valence-electron chi connectivity index (χ3n) is 3.62. The molecular weight excluding hydrogens is 337 g/mol. The monoisotopic (exact) mass is 349 g/mol. The maximum absolute atomic E-state index is 12.7. The zero-order valence-electron chi connectivity index (χ0n) is 12.3. The summed E-state index contributed by atoms with van der Waals surface area (Å²) in [6.45, 7) is 1.68. The normalized spacial score (nSPS) is 17.5. The average molecular weight is 350 g/mol. The van der Waals surface area contributed by atoms with Gasteiger partial charge in [-0.25, -0.2) is 0 Å². The molecule has 0 aromatic heterocycles. The number of fused-ring (bicyclic) bond motifs is 1. The molecule has 3 rings (SSSR count). The van der Waals surface area contributed by atoms with Crippen LogP contribution in [0.1, 0.15) is 22.8 Å². The predicted molar refractivity (Wildman–Crippen MR) is 87.9 cm³/mol. The molecule has 0 bridgehead atoms. The van der Waals surface area contributed by atoms with Crippen molar-refractivity contribution in [3.8, 4) is 5.75 Å². The van der Waals surface area contributed by atoms with Gasteiger partial charge in [0.2, 0.25) is 0 Å². The molecule has 2 aromatic rings. The van der Waals surface area contributed by atoms with Crippen LogP contribution in [0.15, 0.2) is 42.5 Å². The molecule has 1 heterocycles. The van der Waals surface area contributed by atoms with E-state index in [0.717, 1.165) is 4.90 Å². The Kier molecular flexibility index (Phi) is 4.28. The lowest BCUT2D eigenvalue weighted by Crippen LogP contribution is -2.41. The van der Waals surface area contributed by atoms with Gasteiger partial charge in [0, 0.05) is 10.0 Å². The van der Waals surface area contributed by atoms with E-state index in [9.17, 15) is 9.59 Å². The van der Waals surface area contributed by atoms with Gasteiger partial charge < -0.3 is 4.74 Å².